The van der Waals surface area contributed by atoms with E-state index in [2.05, 4.69) is 27.7 Å². The summed E-state index contributed by atoms with van der Waals surface area (Å²) < 4.78 is 0. The van der Waals surface area contributed by atoms with Crippen molar-refractivity contribution in [2.24, 2.45) is 11.3 Å². The van der Waals surface area contributed by atoms with E-state index in [0.717, 1.165) is 25.7 Å². The summed E-state index contributed by atoms with van der Waals surface area (Å²) in [5.41, 5.74) is 0.449. The van der Waals surface area contributed by atoms with Gasteiger partial charge in [0, 0.05) is 0 Å². The molecule has 25 heavy (non-hydrogen) atoms. The normalized spacial score (nSPS) is 13.1. The van der Waals surface area contributed by atoms with E-state index in [0.29, 0.717) is 5.41 Å². The Morgan fingerprint density at radius 3 is 1.52 bits per heavy atom. The molecule has 0 amide bonds. The predicted octanol–water partition coefficient (Wildman–Crippen LogP) is 7.99. The summed E-state index contributed by atoms with van der Waals surface area (Å²) in [6.45, 7) is 9.15. The molecule has 0 spiro atoms. The van der Waals surface area contributed by atoms with Crippen molar-refractivity contribution in [1.82, 2.24) is 0 Å². The maximum atomic E-state index is 11.4. The summed E-state index contributed by atoms with van der Waals surface area (Å²) in [5, 5.41) is 9.40. The van der Waals surface area contributed by atoms with E-state index in [9.17, 15) is 9.90 Å². The minimum atomic E-state index is -0.573. The molecular formula is C23H46O2. The molecule has 1 N–H and O–H groups in total. The van der Waals surface area contributed by atoms with Crippen LogP contribution in [0.5, 0.6) is 0 Å². The van der Waals surface area contributed by atoms with Crippen molar-refractivity contribution in [3.63, 3.8) is 0 Å². The molecule has 1 atom stereocenters. The summed E-state index contributed by atoms with van der Waals surface area (Å²) >= 11 is 0. The molecule has 2 heteroatoms. The van der Waals surface area contributed by atoms with Gasteiger partial charge in [0.15, 0.2) is 0 Å². The Balaban J connectivity index is 3.57. The third kappa shape index (κ3) is 18.1. The molecule has 0 rings (SSSR count). The smallest absolute Gasteiger partial charge is 0.306 e. The van der Waals surface area contributed by atoms with Gasteiger partial charge in [-0.2, -0.15) is 0 Å². The molecule has 0 aromatic carbocycles. The van der Waals surface area contributed by atoms with E-state index in [-0.39, 0.29) is 5.92 Å². The molecule has 0 aliphatic heterocycles. The Hall–Kier alpha value is -0.530. The summed E-state index contributed by atoms with van der Waals surface area (Å²) in [6, 6.07) is 0. The number of carboxylic acids is 1. The number of unbranched alkanes of at least 4 members (excludes halogenated alkanes) is 11. The molecule has 2 nitrogen and oxygen atoms in total. The first-order valence-electron chi connectivity index (χ1n) is 11.1. The van der Waals surface area contributed by atoms with Crippen LogP contribution in [0.15, 0.2) is 0 Å². The molecule has 0 saturated heterocycles. The molecular weight excluding hydrogens is 308 g/mol. The highest BCUT2D eigenvalue weighted by molar-refractivity contribution is 5.69. The standard InChI is InChI=1S/C23H46O2/c1-5-6-7-8-9-10-12-15-18-21(22(24)25)19-16-13-11-14-17-20-23(2,3)4/h21H,5-20H2,1-4H3,(H,24,25). The van der Waals surface area contributed by atoms with E-state index in [1.807, 2.05) is 0 Å². The van der Waals surface area contributed by atoms with Crippen LogP contribution in [0, 0.1) is 11.3 Å². The zero-order valence-corrected chi connectivity index (χ0v) is 17.7. The van der Waals surface area contributed by atoms with E-state index in [4.69, 9.17) is 0 Å². The SMILES string of the molecule is CCCCCCCCCCC(CCCCCCCC(C)(C)C)C(=O)O. The Morgan fingerprint density at radius 2 is 1.12 bits per heavy atom. The van der Waals surface area contributed by atoms with Gasteiger partial charge in [-0.1, -0.05) is 111 Å². The third-order valence-electron chi connectivity index (χ3n) is 5.23. The van der Waals surface area contributed by atoms with Crippen LogP contribution in [0.4, 0.5) is 0 Å². The molecule has 150 valence electrons. The summed E-state index contributed by atoms with van der Waals surface area (Å²) in [5.74, 6) is -0.676. The summed E-state index contributed by atoms with van der Waals surface area (Å²) in [6.07, 6.45) is 19.5. The van der Waals surface area contributed by atoms with Crippen molar-refractivity contribution < 1.29 is 9.90 Å². The fourth-order valence-corrected chi connectivity index (χ4v) is 3.49. The van der Waals surface area contributed by atoms with Gasteiger partial charge >= 0.3 is 5.97 Å². The van der Waals surface area contributed by atoms with Crippen LogP contribution < -0.4 is 0 Å². The highest BCUT2D eigenvalue weighted by Crippen LogP contribution is 2.23. The Kier molecular flexibility index (Phi) is 15.4. The van der Waals surface area contributed by atoms with Gasteiger partial charge in [-0.05, 0) is 24.7 Å². The first-order chi connectivity index (χ1) is 11.9. The van der Waals surface area contributed by atoms with Gasteiger partial charge in [-0.25, -0.2) is 0 Å². The van der Waals surface area contributed by atoms with Crippen LogP contribution >= 0.6 is 0 Å². The monoisotopic (exact) mass is 354 g/mol. The second kappa shape index (κ2) is 15.7. The topological polar surface area (TPSA) is 37.3 Å². The fraction of sp³-hybridized carbons (Fsp3) is 0.957. The van der Waals surface area contributed by atoms with Crippen LogP contribution in [0.2, 0.25) is 0 Å². The first-order valence-corrected chi connectivity index (χ1v) is 11.1. The minimum Gasteiger partial charge on any atom is -0.481 e. The lowest BCUT2D eigenvalue weighted by Crippen LogP contribution is -2.13. The van der Waals surface area contributed by atoms with Gasteiger partial charge in [0.25, 0.3) is 0 Å². The molecule has 0 aromatic heterocycles. The van der Waals surface area contributed by atoms with Crippen molar-refractivity contribution in [2.75, 3.05) is 0 Å². The third-order valence-corrected chi connectivity index (χ3v) is 5.23. The van der Waals surface area contributed by atoms with Crippen LogP contribution in [-0.2, 0) is 4.79 Å². The fourth-order valence-electron chi connectivity index (χ4n) is 3.49. The molecule has 0 bridgehead atoms. The number of carboxylic acid groups (broad SMARTS) is 1. The van der Waals surface area contributed by atoms with Gasteiger partial charge in [0.05, 0.1) is 5.92 Å². The molecule has 0 radical (unpaired) electrons. The lowest BCUT2D eigenvalue weighted by Gasteiger charge is -2.17. The summed E-state index contributed by atoms with van der Waals surface area (Å²) in [7, 11) is 0. The van der Waals surface area contributed by atoms with Crippen molar-refractivity contribution >= 4 is 5.97 Å². The molecule has 1 unspecified atom stereocenters. The number of rotatable bonds is 17. The number of carbonyl (C=O) groups is 1. The number of aliphatic carboxylic acids is 1. The minimum absolute atomic E-state index is 0.102. The van der Waals surface area contributed by atoms with Crippen molar-refractivity contribution in [3.8, 4) is 0 Å². The van der Waals surface area contributed by atoms with E-state index in [1.165, 1.54) is 77.0 Å². The molecule has 0 heterocycles. The van der Waals surface area contributed by atoms with E-state index < -0.39 is 5.97 Å². The Morgan fingerprint density at radius 1 is 0.720 bits per heavy atom. The van der Waals surface area contributed by atoms with Crippen molar-refractivity contribution in [1.29, 1.82) is 0 Å². The molecule has 0 aliphatic rings. The molecule has 0 saturated carbocycles. The second-order valence-corrected chi connectivity index (χ2v) is 9.17. The van der Waals surface area contributed by atoms with Gasteiger partial charge < -0.3 is 5.11 Å². The van der Waals surface area contributed by atoms with Gasteiger partial charge in [-0.3, -0.25) is 4.79 Å². The average molecular weight is 355 g/mol. The van der Waals surface area contributed by atoms with Gasteiger partial charge in [-0.15, -0.1) is 0 Å². The molecule has 0 aromatic rings. The maximum Gasteiger partial charge on any atom is 0.306 e. The summed E-state index contributed by atoms with van der Waals surface area (Å²) in [4.78, 5) is 11.4. The van der Waals surface area contributed by atoms with E-state index in [1.54, 1.807) is 0 Å². The van der Waals surface area contributed by atoms with Crippen LogP contribution in [0.1, 0.15) is 130 Å². The Labute approximate surface area is 158 Å². The van der Waals surface area contributed by atoms with Gasteiger partial charge in [0.1, 0.15) is 0 Å². The highest BCUT2D eigenvalue weighted by Gasteiger charge is 2.16. The highest BCUT2D eigenvalue weighted by atomic mass is 16.4. The lowest BCUT2D eigenvalue weighted by molar-refractivity contribution is -0.142. The average Bonchev–Trinajstić information content (AvgIpc) is 2.53. The van der Waals surface area contributed by atoms with Crippen molar-refractivity contribution in [3.05, 3.63) is 0 Å². The van der Waals surface area contributed by atoms with Crippen LogP contribution in [0.25, 0.3) is 0 Å². The van der Waals surface area contributed by atoms with E-state index >= 15 is 0 Å². The number of hydrogen-bond acceptors (Lipinski definition) is 1. The maximum absolute atomic E-state index is 11.4. The molecule has 0 aliphatic carbocycles. The zero-order chi connectivity index (χ0) is 19.0. The molecule has 0 fully saturated rings. The van der Waals surface area contributed by atoms with Crippen LogP contribution in [0.3, 0.4) is 0 Å². The lowest BCUT2D eigenvalue weighted by atomic mass is 9.89. The zero-order valence-electron chi connectivity index (χ0n) is 17.7. The van der Waals surface area contributed by atoms with Gasteiger partial charge in [0.2, 0.25) is 0 Å². The largest absolute Gasteiger partial charge is 0.481 e. The number of hydrogen-bond donors (Lipinski definition) is 1. The van der Waals surface area contributed by atoms with Crippen LogP contribution in [-0.4, -0.2) is 11.1 Å². The predicted molar refractivity (Wildman–Crippen MR) is 110 cm³/mol. The second-order valence-electron chi connectivity index (χ2n) is 9.17. The Bertz CT molecular complexity index is 304. The van der Waals surface area contributed by atoms with Crippen molar-refractivity contribution in [2.45, 2.75) is 130 Å². The quantitative estimate of drug-likeness (QED) is 0.269. The first kappa shape index (κ1) is 24.5.